The Morgan fingerprint density at radius 3 is 2.34 bits per heavy atom. The maximum atomic E-state index is 12.4. The number of amides is 2. The van der Waals surface area contributed by atoms with Gasteiger partial charge in [0.15, 0.2) is 6.10 Å². The van der Waals surface area contributed by atoms with Gasteiger partial charge in [-0.05, 0) is 61.2 Å². The Bertz CT molecular complexity index is 1030. The lowest BCUT2D eigenvalue weighted by atomic mass is 10.2. The molecule has 148 valence electrons. The molecule has 29 heavy (non-hydrogen) atoms. The summed E-state index contributed by atoms with van der Waals surface area (Å²) in [7, 11) is 0. The fourth-order valence-electron chi connectivity index (χ4n) is 2.57. The normalized spacial score (nSPS) is 11.4. The lowest BCUT2D eigenvalue weighted by Gasteiger charge is -2.14. The maximum absolute atomic E-state index is 12.4. The largest absolute Gasteiger partial charge is 0.449 e. The van der Waals surface area contributed by atoms with Gasteiger partial charge in [-0.25, -0.2) is 4.79 Å². The van der Waals surface area contributed by atoms with E-state index in [1.54, 1.807) is 36.4 Å². The number of hydrogen-bond donors (Lipinski definition) is 2. The Kier molecular flexibility index (Phi) is 6.41. The number of hydrogen-bond acceptors (Lipinski definition) is 5. The fourth-order valence-corrected chi connectivity index (χ4v) is 3.19. The van der Waals surface area contributed by atoms with Crippen LogP contribution in [-0.4, -0.2) is 23.9 Å². The highest BCUT2D eigenvalue weighted by Gasteiger charge is 2.19. The summed E-state index contributed by atoms with van der Waals surface area (Å²) >= 11 is 1.33. The molecule has 0 fully saturated rings. The lowest BCUT2D eigenvalue weighted by Crippen LogP contribution is -2.30. The zero-order valence-corrected chi connectivity index (χ0v) is 16.8. The van der Waals surface area contributed by atoms with Crippen molar-refractivity contribution in [2.75, 3.05) is 10.6 Å². The quantitative estimate of drug-likeness (QED) is 0.589. The van der Waals surface area contributed by atoms with Crippen molar-refractivity contribution in [3.63, 3.8) is 0 Å². The molecular formula is C22H20N2O4S. The second kappa shape index (κ2) is 9.16. The van der Waals surface area contributed by atoms with Crippen LogP contribution in [0.25, 0.3) is 0 Å². The Balaban J connectivity index is 1.61. The summed E-state index contributed by atoms with van der Waals surface area (Å²) in [6.07, 6.45) is -0.979. The maximum Gasteiger partial charge on any atom is 0.338 e. The molecule has 0 aliphatic rings. The van der Waals surface area contributed by atoms with Crippen LogP contribution in [0.1, 0.15) is 32.5 Å². The number of esters is 1. The summed E-state index contributed by atoms with van der Waals surface area (Å²) in [5.41, 5.74) is 2.35. The molecule has 0 aliphatic heterocycles. The van der Waals surface area contributed by atoms with E-state index in [1.165, 1.54) is 24.3 Å². The Morgan fingerprint density at radius 2 is 1.66 bits per heavy atom. The van der Waals surface area contributed by atoms with Crippen molar-refractivity contribution in [3.8, 4) is 0 Å². The minimum atomic E-state index is -0.979. The van der Waals surface area contributed by atoms with E-state index in [0.29, 0.717) is 16.3 Å². The van der Waals surface area contributed by atoms with Crippen molar-refractivity contribution >= 4 is 40.5 Å². The number of carbonyl (C=O) groups excluding carboxylic acids is 3. The highest BCUT2D eigenvalue weighted by molar-refractivity contribution is 7.12. The van der Waals surface area contributed by atoms with E-state index in [4.69, 9.17) is 4.74 Å². The summed E-state index contributed by atoms with van der Waals surface area (Å²) in [6, 6.07) is 17.2. The predicted octanol–water partition coefficient (Wildman–Crippen LogP) is 4.49. The molecule has 1 atom stereocenters. The van der Waals surface area contributed by atoms with Crippen molar-refractivity contribution in [3.05, 3.63) is 82.0 Å². The molecule has 0 radical (unpaired) electrons. The summed E-state index contributed by atoms with van der Waals surface area (Å²) in [5, 5.41) is 7.27. The number of carbonyl (C=O) groups is 3. The van der Waals surface area contributed by atoms with E-state index in [2.05, 4.69) is 10.6 Å². The summed E-state index contributed by atoms with van der Waals surface area (Å²) < 4.78 is 5.27. The van der Waals surface area contributed by atoms with Gasteiger partial charge >= 0.3 is 5.97 Å². The van der Waals surface area contributed by atoms with Crippen molar-refractivity contribution in [1.82, 2.24) is 0 Å². The number of thiophene rings is 1. The van der Waals surface area contributed by atoms with E-state index >= 15 is 0 Å². The predicted molar refractivity (Wildman–Crippen MR) is 113 cm³/mol. The van der Waals surface area contributed by atoms with E-state index in [1.807, 2.05) is 30.5 Å². The molecule has 2 amide bonds. The van der Waals surface area contributed by atoms with E-state index < -0.39 is 18.0 Å². The molecule has 0 saturated heterocycles. The molecule has 3 rings (SSSR count). The van der Waals surface area contributed by atoms with Crippen LogP contribution in [0.3, 0.4) is 0 Å². The second-order valence-corrected chi connectivity index (χ2v) is 7.37. The van der Waals surface area contributed by atoms with Gasteiger partial charge in [0.2, 0.25) is 0 Å². The highest BCUT2D eigenvalue weighted by atomic mass is 32.1. The monoisotopic (exact) mass is 408 g/mol. The van der Waals surface area contributed by atoms with Crippen molar-refractivity contribution < 1.29 is 19.1 Å². The van der Waals surface area contributed by atoms with Gasteiger partial charge in [-0.15, -0.1) is 11.3 Å². The van der Waals surface area contributed by atoms with Gasteiger partial charge in [0.25, 0.3) is 11.8 Å². The van der Waals surface area contributed by atoms with Crippen LogP contribution in [0, 0.1) is 6.92 Å². The van der Waals surface area contributed by atoms with Crippen LogP contribution in [-0.2, 0) is 9.53 Å². The summed E-state index contributed by atoms with van der Waals surface area (Å²) in [4.78, 5) is 37.4. The zero-order chi connectivity index (χ0) is 20.8. The van der Waals surface area contributed by atoms with Crippen LogP contribution in [0.4, 0.5) is 11.4 Å². The minimum Gasteiger partial charge on any atom is -0.449 e. The summed E-state index contributed by atoms with van der Waals surface area (Å²) in [5.74, 6) is -1.33. The van der Waals surface area contributed by atoms with Crippen LogP contribution in [0.5, 0.6) is 0 Å². The highest BCUT2D eigenvalue weighted by Crippen LogP contribution is 2.16. The van der Waals surface area contributed by atoms with Gasteiger partial charge in [0.05, 0.1) is 10.4 Å². The Labute approximate surface area is 172 Å². The van der Waals surface area contributed by atoms with Gasteiger partial charge < -0.3 is 15.4 Å². The SMILES string of the molecule is Cc1cccc(NC(=O)[C@H](C)OC(=O)c2cccc(NC(=O)c3cccs3)c2)c1. The zero-order valence-electron chi connectivity index (χ0n) is 16.0. The smallest absolute Gasteiger partial charge is 0.338 e. The van der Waals surface area contributed by atoms with Gasteiger partial charge in [-0.3, -0.25) is 9.59 Å². The molecule has 0 aliphatic carbocycles. The molecule has 2 aromatic carbocycles. The lowest BCUT2D eigenvalue weighted by molar-refractivity contribution is -0.123. The Morgan fingerprint density at radius 1 is 0.931 bits per heavy atom. The van der Waals surface area contributed by atoms with E-state index in [-0.39, 0.29) is 11.5 Å². The van der Waals surface area contributed by atoms with E-state index in [9.17, 15) is 14.4 Å². The van der Waals surface area contributed by atoms with Gasteiger partial charge in [0, 0.05) is 11.4 Å². The third kappa shape index (κ3) is 5.52. The van der Waals surface area contributed by atoms with Gasteiger partial charge in [0.1, 0.15) is 0 Å². The van der Waals surface area contributed by atoms with Crippen LogP contribution < -0.4 is 10.6 Å². The standard InChI is InChI=1S/C22H20N2O4S/c1-14-6-3-8-17(12-14)23-20(25)15(2)28-22(27)16-7-4-9-18(13-16)24-21(26)19-10-5-11-29-19/h3-13,15H,1-2H3,(H,23,25)(H,24,26)/t15-/m0/s1. The molecule has 1 aromatic heterocycles. The molecule has 0 saturated carbocycles. The van der Waals surface area contributed by atoms with Crippen LogP contribution in [0.2, 0.25) is 0 Å². The molecule has 0 bridgehead atoms. The van der Waals surface area contributed by atoms with Crippen LogP contribution >= 0.6 is 11.3 Å². The van der Waals surface area contributed by atoms with E-state index in [0.717, 1.165) is 5.56 Å². The average molecular weight is 408 g/mol. The van der Waals surface area contributed by atoms with Crippen LogP contribution in [0.15, 0.2) is 66.0 Å². The average Bonchev–Trinajstić information content (AvgIpc) is 3.23. The topological polar surface area (TPSA) is 84.5 Å². The first-order valence-electron chi connectivity index (χ1n) is 8.96. The number of rotatable bonds is 6. The first kappa shape index (κ1) is 20.3. The molecule has 3 aromatic rings. The third-order valence-electron chi connectivity index (χ3n) is 4.04. The number of ether oxygens (including phenoxy) is 1. The number of benzene rings is 2. The van der Waals surface area contributed by atoms with Crippen molar-refractivity contribution in [2.45, 2.75) is 20.0 Å². The van der Waals surface area contributed by atoms with Gasteiger partial charge in [-0.2, -0.15) is 0 Å². The number of nitrogens with one attached hydrogen (secondary N) is 2. The number of aryl methyl sites for hydroxylation is 1. The second-order valence-electron chi connectivity index (χ2n) is 6.42. The molecule has 2 N–H and O–H groups in total. The van der Waals surface area contributed by atoms with Crippen molar-refractivity contribution in [1.29, 1.82) is 0 Å². The molecule has 6 nitrogen and oxygen atoms in total. The third-order valence-corrected chi connectivity index (χ3v) is 4.91. The molecule has 7 heteroatoms. The Hall–Kier alpha value is -3.45. The fraction of sp³-hybridized carbons (Fsp3) is 0.136. The molecule has 0 unspecified atom stereocenters. The van der Waals surface area contributed by atoms with Gasteiger partial charge in [-0.1, -0.05) is 24.3 Å². The molecular weight excluding hydrogens is 388 g/mol. The molecule has 1 heterocycles. The minimum absolute atomic E-state index is 0.240. The first-order valence-corrected chi connectivity index (χ1v) is 9.84. The first-order chi connectivity index (χ1) is 13.9. The molecule has 0 spiro atoms. The van der Waals surface area contributed by atoms with Crippen molar-refractivity contribution in [2.24, 2.45) is 0 Å². The number of anilines is 2. The summed E-state index contributed by atoms with van der Waals surface area (Å²) in [6.45, 7) is 3.43.